The minimum absolute atomic E-state index is 0.0562. The molecule has 0 aliphatic heterocycles. The molecule has 0 unspecified atom stereocenters. The average Bonchev–Trinajstić information content (AvgIpc) is 2.38. The van der Waals surface area contributed by atoms with Gasteiger partial charge < -0.3 is 15.3 Å². The van der Waals surface area contributed by atoms with Crippen molar-refractivity contribution in [2.45, 2.75) is 26.2 Å². The molecule has 2 N–H and O–H groups in total. The Morgan fingerprint density at radius 3 is 2.42 bits per heavy atom. The average molecular weight is 264 g/mol. The smallest absolute Gasteiger partial charge is 0.321 e. The van der Waals surface area contributed by atoms with E-state index in [4.69, 9.17) is 5.11 Å². The van der Waals surface area contributed by atoms with Gasteiger partial charge in [0, 0.05) is 19.3 Å². The fourth-order valence-corrected chi connectivity index (χ4v) is 1.63. The summed E-state index contributed by atoms with van der Waals surface area (Å²) in [4.78, 5) is 23.5. The van der Waals surface area contributed by atoms with Crippen molar-refractivity contribution in [1.82, 2.24) is 4.90 Å². The van der Waals surface area contributed by atoms with Crippen molar-refractivity contribution in [2.24, 2.45) is 0 Å². The minimum atomic E-state index is -0.913. The maximum atomic E-state index is 11.8. The van der Waals surface area contributed by atoms with E-state index in [0.717, 1.165) is 12.8 Å². The first-order valence-electron chi connectivity index (χ1n) is 6.35. The number of carboxylic acid groups (broad SMARTS) is 1. The lowest BCUT2D eigenvalue weighted by Gasteiger charge is -2.17. The number of nitrogens with zero attached hydrogens (tertiary/aromatic N) is 1. The molecule has 0 spiro atoms. The number of carbonyl (C=O) groups excluding carboxylic acids is 1. The van der Waals surface area contributed by atoms with E-state index in [1.165, 1.54) is 10.5 Å². The molecule has 104 valence electrons. The first-order chi connectivity index (χ1) is 9.02. The van der Waals surface area contributed by atoms with Crippen LogP contribution in [0.2, 0.25) is 0 Å². The summed E-state index contributed by atoms with van der Waals surface area (Å²) >= 11 is 0. The number of hydrogen-bond acceptors (Lipinski definition) is 2. The van der Waals surface area contributed by atoms with Gasteiger partial charge >= 0.3 is 12.0 Å². The molecule has 0 aliphatic rings. The summed E-state index contributed by atoms with van der Waals surface area (Å²) < 4.78 is 0. The predicted molar refractivity (Wildman–Crippen MR) is 74.3 cm³/mol. The maximum absolute atomic E-state index is 11.8. The van der Waals surface area contributed by atoms with Crippen LogP contribution in [0, 0.1) is 0 Å². The van der Waals surface area contributed by atoms with Gasteiger partial charge in [0.1, 0.15) is 0 Å². The van der Waals surface area contributed by atoms with Crippen molar-refractivity contribution in [3.8, 4) is 0 Å². The minimum Gasteiger partial charge on any atom is -0.481 e. The standard InChI is InChI=1S/C14H20N2O3/c1-3-4-11-5-7-12(8-6-11)15-14(19)16(2)10-9-13(17)18/h5-8H,3-4,9-10H2,1-2H3,(H,15,19)(H,17,18). The second-order valence-corrected chi connectivity index (χ2v) is 4.44. The third-order valence-corrected chi connectivity index (χ3v) is 2.75. The molecule has 0 saturated carbocycles. The van der Waals surface area contributed by atoms with Crippen LogP contribution in [-0.4, -0.2) is 35.6 Å². The third kappa shape index (κ3) is 5.42. The molecular formula is C14H20N2O3. The van der Waals surface area contributed by atoms with Gasteiger partial charge in [-0.05, 0) is 24.1 Å². The van der Waals surface area contributed by atoms with Crippen molar-refractivity contribution < 1.29 is 14.7 Å². The molecule has 5 heteroatoms. The summed E-state index contributed by atoms with van der Waals surface area (Å²) in [6.45, 7) is 2.31. The zero-order valence-electron chi connectivity index (χ0n) is 11.3. The van der Waals surface area contributed by atoms with Crippen molar-refractivity contribution >= 4 is 17.7 Å². The molecule has 5 nitrogen and oxygen atoms in total. The van der Waals surface area contributed by atoms with E-state index in [-0.39, 0.29) is 19.0 Å². The van der Waals surface area contributed by atoms with Gasteiger partial charge in [-0.2, -0.15) is 0 Å². The third-order valence-electron chi connectivity index (χ3n) is 2.75. The Balaban J connectivity index is 2.49. The van der Waals surface area contributed by atoms with Crippen LogP contribution in [0.3, 0.4) is 0 Å². The zero-order valence-corrected chi connectivity index (χ0v) is 11.3. The molecule has 0 aliphatic carbocycles. The van der Waals surface area contributed by atoms with Crippen molar-refractivity contribution in [3.05, 3.63) is 29.8 Å². The maximum Gasteiger partial charge on any atom is 0.321 e. The molecule has 1 rings (SSSR count). The topological polar surface area (TPSA) is 69.6 Å². The van der Waals surface area contributed by atoms with Crippen LogP contribution in [-0.2, 0) is 11.2 Å². The lowest BCUT2D eigenvalue weighted by atomic mass is 10.1. The largest absolute Gasteiger partial charge is 0.481 e. The highest BCUT2D eigenvalue weighted by Crippen LogP contribution is 2.11. The molecular weight excluding hydrogens is 244 g/mol. The summed E-state index contributed by atoms with van der Waals surface area (Å²) in [7, 11) is 1.57. The van der Waals surface area contributed by atoms with Crippen molar-refractivity contribution in [2.75, 3.05) is 18.9 Å². The molecule has 0 bridgehead atoms. The van der Waals surface area contributed by atoms with Crippen LogP contribution < -0.4 is 5.32 Å². The van der Waals surface area contributed by atoms with Crippen LogP contribution >= 0.6 is 0 Å². The molecule has 19 heavy (non-hydrogen) atoms. The van der Waals surface area contributed by atoms with E-state index in [1.807, 2.05) is 24.3 Å². The summed E-state index contributed by atoms with van der Waals surface area (Å²) in [5.41, 5.74) is 1.95. The summed E-state index contributed by atoms with van der Waals surface area (Å²) in [5, 5.41) is 11.3. The number of hydrogen-bond donors (Lipinski definition) is 2. The SMILES string of the molecule is CCCc1ccc(NC(=O)N(C)CCC(=O)O)cc1. The van der Waals surface area contributed by atoms with Crippen molar-refractivity contribution in [1.29, 1.82) is 0 Å². The number of rotatable bonds is 6. The monoisotopic (exact) mass is 264 g/mol. The first kappa shape index (κ1) is 15.0. The van der Waals surface area contributed by atoms with Crippen LogP contribution in [0.4, 0.5) is 10.5 Å². The lowest BCUT2D eigenvalue weighted by Crippen LogP contribution is -2.33. The quantitative estimate of drug-likeness (QED) is 0.829. The molecule has 2 amide bonds. The Morgan fingerprint density at radius 1 is 1.26 bits per heavy atom. The molecule has 0 heterocycles. The van der Waals surface area contributed by atoms with Crippen LogP contribution in [0.5, 0.6) is 0 Å². The highest BCUT2D eigenvalue weighted by molar-refractivity contribution is 5.89. The number of aliphatic carboxylic acids is 1. The first-order valence-corrected chi connectivity index (χ1v) is 6.35. The van der Waals surface area contributed by atoms with E-state index < -0.39 is 5.97 Å². The number of anilines is 1. The van der Waals surface area contributed by atoms with Gasteiger partial charge in [-0.15, -0.1) is 0 Å². The molecule has 0 radical (unpaired) electrons. The number of carboxylic acids is 1. The Bertz CT molecular complexity index is 429. The van der Waals surface area contributed by atoms with E-state index in [2.05, 4.69) is 12.2 Å². The summed E-state index contributed by atoms with van der Waals surface area (Å²) in [6.07, 6.45) is 2.05. The second-order valence-electron chi connectivity index (χ2n) is 4.44. The Kier molecular flexibility index (Phi) is 5.85. The number of aryl methyl sites for hydroxylation is 1. The Labute approximate surface area is 113 Å². The normalized spacial score (nSPS) is 10.0. The number of carbonyl (C=O) groups is 2. The van der Waals surface area contributed by atoms with Crippen molar-refractivity contribution in [3.63, 3.8) is 0 Å². The number of urea groups is 1. The van der Waals surface area contributed by atoms with Gasteiger partial charge in [-0.25, -0.2) is 4.79 Å². The van der Waals surface area contributed by atoms with Crippen LogP contribution in [0.25, 0.3) is 0 Å². The van der Waals surface area contributed by atoms with Crippen LogP contribution in [0.1, 0.15) is 25.3 Å². The van der Waals surface area contributed by atoms with E-state index in [0.29, 0.717) is 5.69 Å². The summed E-state index contributed by atoms with van der Waals surface area (Å²) in [6, 6.07) is 7.37. The highest BCUT2D eigenvalue weighted by atomic mass is 16.4. The molecule has 0 saturated heterocycles. The van der Waals surface area contributed by atoms with E-state index in [9.17, 15) is 9.59 Å². The zero-order chi connectivity index (χ0) is 14.3. The van der Waals surface area contributed by atoms with E-state index in [1.54, 1.807) is 7.05 Å². The number of benzene rings is 1. The lowest BCUT2D eigenvalue weighted by molar-refractivity contribution is -0.137. The molecule has 1 aromatic carbocycles. The second kappa shape index (κ2) is 7.41. The van der Waals surface area contributed by atoms with Gasteiger partial charge in [0.25, 0.3) is 0 Å². The van der Waals surface area contributed by atoms with E-state index >= 15 is 0 Å². The summed E-state index contributed by atoms with van der Waals surface area (Å²) in [5.74, 6) is -0.913. The Morgan fingerprint density at radius 2 is 1.89 bits per heavy atom. The number of amides is 2. The fourth-order valence-electron chi connectivity index (χ4n) is 1.63. The molecule has 0 fully saturated rings. The molecule has 1 aromatic rings. The fraction of sp³-hybridized carbons (Fsp3) is 0.429. The van der Waals surface area contributed by atoms with Gasteiger partial charge in [0.2, 0.25) is 0 Å². The predicted octanol–water partition coefficient (Wildman–Crippen LogP) is 2.58. The van der Waals surface area contributed by atoms with Gasteiger partial charge in [0.05, 0.1) is 6.42 Å². The molecule has 0 atom stereocenters. The van der Waals surface area contributed by atoms with Gasteiger partial charge in [-0.3, -0.25) is 4.79 Å². The highest BCUT2D eigenvalue weighted by Gasteiger charge is 2.10. The van der Waals surface area contributed by atoms with Gasteiger partial charge in [-0.1, -0.05) is 25.5 Å². The number of nitrogens with one attached hydrogen (secondary N) is 1. The van der Waals surface area contributed by atoms with Crippen LogP contribution in [0.15, 0.2) is 24.3 Å². The molecule has 0 aromatic heterocycles. The Hall–Kier alpha value is -2.04. The van der Waals surface area contributed by atoms with Gasteiger partial charge in [0.15, 0.2) is 0 Å².